The Morgan fingerprint density at radius 1 is 0.455 bits per heavy atom. The highest BCUT2D eigenvalue weighted by molar-refractivity contribution is 7.47. The second-order valence-corrected chi connectivity index (χ2v) is 24.6. The second-order valence-electron chi connectivity index (χ2n) is 23.1. The van der Waals surface area contributed by atoms with E-state index in [1.807, 2.05) is 27.2 Å². The Hall–Kier alpha value is -2.32. The number of phosphoric acid groups is 1. The van der Waals surface area contributed by atoms with E-state index in [1.165, 1.54) is 199 Å². The van der Waals surface area contributed by atoms with E-state index in [-0.39, 0.29) is 19.1 Å². The van der Waals surface area contributed by atoms with E-state index in [4.69, 9.17) is 9.05 Å². The molecule has 0 rings (SSSR count). The third kappa shape index (κ3) is 61.2. The number of aliphatic hydroxyl groups is 1. The van der Waals surface area contributed by atoms with Gasteiger partial charge in [-0.3, -0.25) is 13.8 Å². The molecule has 0 aliphatic heterocycles. The molecular weight excluding hydrogens is 972 g/mol. The molecule has 0 saturated carbocycles. The summed E-state index contributed by atoms with van der Waals surface area (Å²) in [5.74, 6) is -0.184. The zero-order chi connectivity index (χ0) is 56.3. The molecule has 0 spiro atoms. The Labute approximate surface area is 477 Å². The van der Waals surface area contributed by atoms with Gasteiger partial charge in [0, 0.05) is 6.42 Å². The lowest BCUT2D eigenvalue weighted by Gasteiger charge is -2.25. The molecule has 3 atom stereocenters. The summed E-state index contributed by atoms with van der Waals surface area (Å²) in [6, 6.07) is -0.865. The molecule has 0 fully saturated rings. The highest BCUT2D eigenvalue weighted by Gasteiger charge is 2.27. The summed E-state index contributed by atoms with van der Waals surface area (Å²) in [5.41, 5.74) is 0. The molecule has 3 unspecified atom stereocenters. The number of allylic oxidation sites excluding steroid dienone is 13. The summed E-state index contributed by atoms with van der Waals surface area (Å²) in [5, 5.41) is 13.9. The van der Waals surface area contributed by atoms with Crippen molar-refractivity contribution < 1.29 is 32.9 Å². The van der Waals surface area contributed by atoms with Gasteiger partial charge in [0.25, 0.3) is 0 Å². The molecule has 3 N–H and O–H groups in total. The summed E-state index contributed by atoms with van der Waals surface area (Å²) in [4.78, 5) is 23.3. The number of aliphatic hydroxyl groups excluding tert-OH is 1. The van der Waals surface area contributed by atoms with Crippen molar-refractivity contribution in [1.82, 2.24) is 5.32 Å². The number of phosphoric ester groups is 1. The fraction of sp³-hybridized carbons (Fsp3) is 0.779. The van der Waals surface area contributed by atoms with E-state index in [1.54, 1.807) is 6.08 Å². The molecule has 8 nitrogen and oxygen atoms in total. The van der Waals surface area contributed by atoms with Crippen LogP contribution in [-0.4, -0.2) is 73.4 Å². The number of hydrogen-bond acceptors (Lipinski definition) is 5. The van der Waals surface area contributed by atoms with Gasteiger partial charge in [-0.1, -0.05) is 292 Å². The largest absolute Gasteiger partial charge is 0.472 e. The van der Waals surface area contributed by atoms with Crippen molar-refractivity contribution in [1.29, 1.82) is 0 Å². The van der Waals surface area contributed by atoms with E-state index in [9.17, 15) is 19.4 Å². The molecule has 0 aliphatic rings. The van der Waals surface area contributed by atoms with Crippen molar-refractivity contribution in [2.45, 2.75) is 302 Å². The smallest absolute Gasteiger partial charge is 0.387 e. The van der Waals surface area contributed by atoms with Crippen LogP contribution in [0.1, 0.15) is 290 Å². The van der Waals surface area contributed by atoms with Crippen LogP contribution in [0.2, 0.25) is 0 Å². The van der Waals surface area contributed by atoms with Crippen LogP contribution in [0.25, 0.3) is 0 Å². The first-order valence-corrected chi connectivity index (χ1v) is 34.0. The number of carbonyl (C=O) groups excluding carboxylic acids is 1. The highest BCUT2D eigenvalue weighted by atomic mass is 31.2. The van der Waals surface area contributed by atoms with Gasteiger partial charge < -0.3 is 19.8 Å². The van der Waals surface area contributed by atoms with Crippen LogP contribution in [0.4, 0.5) is 0 Å². The maximum atomic E-state index is 13.0. The van der Waals surface area contributed by atoms with Crippen LogP contribution < -0.4 is 5.32 Å². The van der Waals surface area contributed by atoms with Crippen LogP contribution in [0.15, 0.2) is 85.1 Å². The Kier molecular flexibility index (Phi) is 56.6. The molecule has 0 aliphatic carbocycles. The van der Waals surface area contributed by atoms with Gasteiger partial charge in [-0.15, -0.1) is 0 Å². The van der Waals surface area contributed by atoms with Gasteiger partial charge in [0.15, 0.2) is 0 Å². The minimum atomic E-state index is -4.36. The van der Waals surface area contributed by atoms with Gasteiger partial charge >= 0.3 is 7.82 Å². The van der Waals surface area contributed by atoms with Gasteiger partial charge in [0.1, 0.15) is 13.2 Å². The van der Waals surface area contributed by atoms with E-state index in [2.05, 4.69) is 92.1 Å². The number of likely N-dealkylation sites (N-methyl/N-ethyl adjacent to an activating group) is 1. The second kappa shape index (κ2) is 58.3. The summed E-state index contributed by atoms with van der Waals surface area (Å²) < 4.78 is 23.7. The molecule has 0 radical (unpaired) electrons. The average Bonchev–Trinajstić information content (AvgIpc) is 3.39. The molecule has 448 valence electrons. The maximum absolute atomic E-state index is 13.0. The van der Waals surface area contributed by atoms with E-state index < -0.39 is 20.0 Å². The molecular formula is C68H126N2O6P+. The van der Waals surface area contributed by atoms with Crippen molar-refractivity contribution >= 4 is 13.7 Å². The quantitative estimate of drug-likeness (QED) is 0.0243. The molecule has 0 aromatic rings. The number of nitrogens with one attached hydrogen (secondary N) is 1. The minimum Gasteiger partial charge on any atom is -0.387 e. The first-order chi connectivity index (χ1) is 37.5. The van der Waals surface area contributed by atoms with Gasteiger partial charge in [0.2, 0.25) is 5.91 Å². The van der Waals surface area contributed by atoms with Crippen molar-refractivity contribution in [3.63, 3.8) is 0 Å². The topological polar surface area (TPSA) is 105 Å². The number of hydrogen-bond donors (Lipinski definition) is 3. The van der Waals surface area contributed by atoms with Crippen LogP contribution in [0, 0.1) is 0 Å². The lowest BCUT2D eigenvalue weighted by molar-refractivity contribution is -0.870. The molecule has 0 heterocycles. The van der Waals surface area contributed by atoms with Gasteiger partial charge in [-0.05, 0) is 77.0 Å². The number of unbranched alkanes of at least 4 members (excludes halogenated alkanes) is 34. The number of rotatable bonds is 59. The van der Waals surface area contributed by atoms with Crippen LogP contribution in [0.5, 0.6) is 0 Å². The monoisotopic (exact) mass is 1100 g/mol. The summed E-state index contributed by atoms with van der Waals surface area (Å²) >= 11 is 0. The number of amides is 1. The van der Waals surface area contributed by atoms with Crippen molar-refractivity contribution in [2.24, 2.45) is 0 Å². The summed E-state index contributed by atoms with van der Waals surface area (Å²) in [6.45, 7) is 4.70. The van der Waals surface area contributed by atoms with Crippen LogP contribution >= 0.6 is 7.82 Å². The van der Waals surface area contributed by atoms with E-state index in [0.29, 0.717) is 17.4 Å². The molecule has 1 amide bonds. The van der Waals surface area contributed by atoms with Gasteiger partial charge in [0.05, 0.1) is 39.9 Å². The molecule has 0 bridgehead atoms. The lowest BCUT2D eigenvalue weighted by Crippen LogP contribution is -2.45. The maximum Gasteiger partial charge on any atom is 0.472 e. The summed E-state index contributed by atoms with van der Waals surface area (Å²) in [6.07, 6.45) is 82.9. The van der Waals surface area contributed by atoms with Crippen LogP contribution in [-0.2, 0) is 18.4 Å². The Bertz CT molecular complexity index is 1530. The lowest BCUT2D eigenvalue weighted by atomic mass is 10.0. The zero-order valence-electron chi connectivity index (χ0n) is 51.2. The molecule has 9 heteroatoms. The standard InChI is InChI=1S/C68H125N2O6P/c1-6-8-10-12-14-16-18-20-22-24-26-27-28-29-30-31-32-33-34-35-36-37-38-39-40-41-42-43-44-46-48-50-52-54-56-58-60-62-68(72)69-66(65-76-77(73,74)75-64-63-70(3,4)5)67(71)61-59-57-55-53-51-49-47-45-25-23-21-19-17-15-13-11-9-7-2/h8,10,14,16,20,22,26-27,29-30,51,53,59,61,66-67,71H,6-7,9,11-13,15,17-19,21,23-25,28,31-50,52,54-58,60,62-65H2,1-5H3,(H-,69,72,73,74)/p+1/b10-8-,16-14-,22-20-,27-26-,30-29-,53-51+,61-59+. The third-order valence-electron chi connectivity index (χ3n) is 14.3. The predicted octanol–water partition coefficient (Wildman–Crippen LogP) is 20.4. The SMILES string of the molecule is CC/C=C\C/C=C\C/C=C\C/C=C\C/C=C\CCCCCCCCCCCCCCCCCCCCCCCC(=O)NC(COP(=O)(O)OCC[N+](C)(C)C)C(O)/C=C/CC/C=C/CCCCCCCCCCCCCC. The molecule has 0 saturated heterocycles. The van der Waals surface area contributed by atoms with Gasteiger partial charge in [-0.25, -0.2) is 4.57 Å². The number of quaternary nitrogens is 1. The fourth-order valence-electron chi connectivity index (χ4n) is 9.32. The molecule has 77 heavy (non-hydrogen) atoms. The Morgan fingerprint density at radius 2 is 0.792 bits per heavy atom. The molecule has 0 aromatic heterocycles. The fourth-order valence-corrected chi connectivity index (χ4v) is 10.1. The van der Waals surface area contributed by atoms with Crippen molar-refractivity contribution in [2.75, 3.05) is 40.9 Å². The molecule has 0 aromatic carbocycles. The number of nitrogens with zero attached hydrogens (tertiary/aromatic N) is 1. The predicted molar refractivity (Wildman–Crippen MR) is 336 cm³/mol. The van der Waals surface area contributed by atoms with E-state index >= 15 is 0 Å². The van der Waals surface area contributed by atoms with E-state index in [0.717, 1.165) is 70.6 Å². The third-order valence-corrected chi connectivity index (χ3v) is 15.3. The Balaban J connectivity index is 4.02. The van der Waals surface area contributed by atoms with Crippen LogP contribution in [0.3, 0.4) is 0 Å². The number of carbonyl (C=O) groups is 1. The highest BCUT2D eigenvalue weighted by Crippen LogP contribution is 2.43. The minimum absolute atomic E-state index is 0.0554. The normalized spacial score (nSPS) is 14.3. The van der Waals surface area contributed by atoms with Crippen molar-refractivity contribution in [3.8, 4) is 0 Å². The summed E-state index contributed by atoms with van der Waals surface area (Å²) in [7, 11) is 1.56. The average molecular weight is 1100 g/mol. The Morgan fingerprint density at radius 3 is 1.19 bits per heavy atom. The first-order valence-electron chi connectivity index (χ1n) is 32.5. The van der Waals surface area contributed by atoms with Crippen molar-refractivity contribution in [3.05, 3.63) is 85.1 Å². The first kappa shape index (κ1) is 74.7. The van der Waals surface area contributed by atoms with Gasteiger partial charge in [-0.2, -0.15) is 0 Å². The zero-order valence-corrected chi connectivity index (χ0v) is 52.1.